The molecule has 1 aromatic carbocycles. The number of piperidine rings is 1. The molecule has 2 aromatic rings. The van der Waals surface area contributed by atoms with Crippen LogP contribution in [-0.2, 0) is 20.9 Å². The van der Waals surface area contributed by atoms with Crippen molar-refractivity contribution in [2.75, 3.05) is 26.7 Å². The van der Waals surface area contributed by atoms with Crippen molar-refractivity contribution in [2.45, 2.75) is 31.3 Å². The summed E-state index contributed by atoms with van der Waals surface area (Å²) >= 11 is 0. The molecule has 8 nitrogen and oxygen atoms in total. The second kappa shape index (κ2) is 9.48. The number of amides is 1. The number of carbonyl (C=O) groups is 2. The Morgan fingerprint density at radius 3 is 2.53 bits per heavy atom. The Morgan fingerprint density at radius 2 is 1.91 bits per heavy atom. The summed E-state index contributed by atoms with van der Waals surface area (Å²) in [6, 6.07) is 9.94. The van der Waals surface area contributed by atoms with Gasteiger partial charge in [0.05, 0.1) is 18.6 Å². The number of likely N-dealkylation sites (tertiary alicyclic amines) is 2. The maximum Gasteiger partial charge on any atom is 0.321 e. The van der Waals surface area contributed by atoms with Gasteiger partial charge in [0.2, 0.25) is 5.91 Å². The average molecular weight is 437 g/mol. The van der Waals surface area contributed by atoms with Crippen molar-refractivity contribution < 1.29 is 19.1 Å². The molecule has 0 aliphatic carbocycles. The van der Waals surface area contributed by atoms with Gasteiger partial charge in [0.1, 0.15) is 5.75 Å². The van der Waals surface area contributed by atoms with Gasteiger partial charge in [-0.2, -0.15) is 0 Å². The second-order valence-electron chi connectivity index (χ2n) is 8.23. The van der Waals surface area contributed by atoms with E-state index in [9.17, 15) is 9.59 Å². The van der Waals surface area contributed by atoms with Gasteiger partial charge in [0.25, 0.3) is 0 Å². The minimum atomic E-state index is -0.484. The number of carbonyl (C=O) groups excluding carboxylic acids is 2. The zero-order valence-corrected chi connectivity index (χ0v) is 18.3. The summed E-state index contributed by atoms with van der Waals surface area (Å²) in [6.45, 7) is 6.63. The number of nitrogens with zero attached hydrogens (tertiary/aromatic N) is 4. The smallest absolute Gasteiger partial charge is 0.321 e. The lowest BCUT2D eigenvalue weighted by Crippen LogP contribution is -2.57. The molecule has 1 unspecified atom stereocenters. The first-order valence-electron chi connectivity index (χ1n) is 10.8. The van der Waals surface area contributed by atoms with Gasteiger partial charge in [-0.1, -0.05) is 18.2 Å². The number of esters is 1. The van der Waals surface area contributed by atoms with Gasteiger partial charge in [-0.25, -0.2) is 9.97 Å². The van der Waals surface area contributed by atoms with Crippen LogP contribution in [0.2, 0.25) is 0 Å². The van der Waals surface area contributed by atoms with Gasteiger partial charge in [-0.3, -0.25) is 14.5 Å². The number of rotatable bonds is 7. The van der Waals surface area contributed by atoms with E-state index in [1.54, 1.807) is 24.5 Å². The fourth-order valence-corrected chi connectivity index (χ4v) is 4.85. The fourth-order valence-electron chi connectivity index (χ4n) is 4.85. The molecule has 2 saturated heterocycles. The fraction of sp³-hybridized carbons (Fsp3) is 0.417. The van der Waals surface area contributed by atoms with Crippen molar-refractivity contribution in [3.05, 3.63) is 60.9 Å². The van der Waals surface area contributed by atoms with Crippen LogP contribution in [0, 0.1) is 5.92 Å². The Bertz CT molecular complexity index is 956. The Kier molecular flexibility index (Phi) is 6.50. The summed E-state index contributed by atoms with van der Waals surface area (Å²) in [5.41, 5.74) is 0.680. The van der Waals surface area contributed by atoms with Crippen LogP contribution in [0.15, 0.2) is 55.4 Å². The number of hydrogen-bond acceptors (Lipinski definition) is 7. The summed E-state index contributed by atoms with van der Waals surface area (Å²) in [7, 11) is 1.39. The summed E-state index contributed by atoms with van der Waals surface area (Å²) in [6.07, 6.45) is 6.69. The zero-order chi connectivity index (χ0) is 22.6. The Balaban J connectivity index is 1.39. The molecule has 8 heteroatoms. The molecule has 3 heterocycles. The summed E-state index contributed by atoms with van der Waals surface area (Å²) < 4.78 is 10.7. The van der Waals surface area contributed by atoms with Gasteiger partial charge in [-0.05, 0) is 36.6 Å². The van der Waals surface area contributed by atoms with Crippen LogP contribution in [0.4, 0.5) is 0 Å². The highest BCUT2D eigenvalue weighted by molar-refractivity contribution is 5.89. The normalized spacial score (nSPS) is 20.3. The molecule has 1 spiro atoms. The van der Waals surface area contributed by atoms with Crippen molar-refractivity contribution in [1.29, 1.82) is 0 Å². The molecule has 1 atom stereocenters. The second-order valence-corrected chi connectivity index (χ2v) is 8.23. The molecule has 0 saturated carbocycles. The molecule has 2 fully saturated rings. The van der Waals surface area contributed by atoms with Gasteiger partial charge < -0.3 is 14.4 Å². The van der Waals surface area contributed by atoms with Gasteiger partial charge in [0, 0.05) is 45.0 Å². The molecule has 0 radical (unpaired) electrons. The van der Waals surface area contributed by atoms with E-state index in [1.165, 1.54) is 7.11 Å². The number of methoxy groups -OCH3 is 1. The number of aromatic nitrogens is 2. The first-order valence-corrected chi connectivity index (χ1v) is 10.8. The molecular formula is C24H28N4O4. The lowest BCUT2D eigenvalue weighted by atomic mass is 9.76. The van der Waals surface area contributed by atoms with Crippen LogP contribution >= 0.6 is 0 Å². The third kappa shape index (κ3) is 4.36. The predicted molar refractivity (Wildman–Crippen MR) is 118 cm³/mol. The molecule has 32 heavy (non-hydrogen) atoms. The number of ether oxygens (including phenoxy) is 2. The Labute approximate surface area is 187 Å². The van der Waals surface area contributed by atoms with E-state index in [4.69, 9.17) is 9.47 Å². The lowest BCUT2D eigenvalue weighted by molar-refractivity contribution is -0.150. The number of benzene rings is 1. The molecule has 0 N–H and O–H groups in total. The Morgan fingerprint density at radius 1 is 1.22 bits per heavy atom. The lowest BCUT2D eigenvalue weighted by Gasteiger charge is -2.46. The maximum absolute atomic E-state index is 12.6. The monoisotopic (exact) mass is 436 g/mol. The van der Waals surface area contributed by atoms with Crippen LogP contribution in [0.5, 0.6) is 11.8 Å². The minimum Gasteiger partial charge on any atom is -0.469 e. The average Bonchev–Trinajstić information content (AvgIpc) is 3.08. The third-order valence-electron chi connectivity index (χ3n) is 6.47. The van der Waals surface area contributed by atoms with Crippen LogP contribution in [0.1, 0.15) is 24.8 Å². The van der Waals surface area contributed by atoms with E-state index < -0.39 is 11.5 Å². The quantitative estimate of drug-likeness (QED) is 0.487. The molecule has 4 rings (SSSR count). The maximum atomic E-state index is 12.6. The van der Waals surface area contributed by atoms with Crippen LogP contribution in [0.3, 0.4) is 0 Å². The van der Waals surface area contributed by atoms with Crippen molar-refractivity contribution >= 4 is 11.9 Å². The van der Waals surface area contributed by atoms with Crippen LogP contribution in [0.25, 0.3) is 0 Å². The van der Waals surface area contributed by atoms with E-state index >= 15 is 0 Å². The predicted octanol–water partition coefficient (Wildman–Crippen LogP) is 2.81. The van der Waals surface area contributed by atoms with Crippen molar-refractivity contribution in [1.82, 2.24) is 19.8 Å². The number of hydrogen-bond donors (Lipinski definition) is 0. The van der Waals surface area contributed by atoms with Crippen molar-refractivity contribution in [2.24, 2.45) is 5.92 Å². The Hall–Kier alpha value is -3.26. The first-order chi connectivity index (χ1) is 15.6. The van der Waals surface area contributed by atoms with Crippen molar-refractivity contribution in [3.63, 3.8) is 0 Å². The van der Waals surface area contributed by atoms with E-state index in [-0.39, 0.29) is 18.3 Å². The highest BCUT2D eigenvalue weighted by Crippen LogP contribution is 2.44. The largest absolute Gasteiger partial charge is 0.469 e. The summed E-state index contributed by atoms with van der Waals surface area (Å²) in [5, 5.41) is 0. The highest BCUT2D eigenvalue weighted by atomic mass is 16.5. The van der Waals surface area contributed by atoms with Crippen LogP contribution < -0.4 is 4.74 Å². The first kappa shape index (κ1) is 22.0. The molecular weight excluding hydrogens is 408 g/mol. The van der Waals surface area contributed by atoms with E-state index in [0.29, 0.717) is 18.3 Å². The molecule has 168 valence electrons. The summed E-state index contributed by atoms with van der Waals surface area (Å²) in [5.74, 6) is -0.0233. The topological polar surface area (TPSA) is 84.9 Å². The standard InChI is InChI=1S/C24H28N4O4/c1-3-13-28-21(29)16-20(22(30)31-2)24(28)9-14-27(15-10-24)17-18-5-7-19(8-6-18)32-23-25-11-4-12-26-23/h3-8,11-12,20H,1,9-10,13-17H2,2H3. The molecule has 1 aromatic heterocycles. The SMILES string of the molecule is C=CCN1C(=O)CC(C(=O)OC)C12CCN(Cc1ccc(Oc3ncccn3)cc1)CC2. The summed E-state index contributed by atoms with van der Waals surface area (Å²) in [4.78, 5) is 37.4. The molecule has 1 amide bonds. The van der Waals surface area contributed by atoms with Crippen molar-refractivity contribution in [3.8, 4) is 11.8 Å². The zero-order valence-electron chi connectivity index (χ0n) is 18.3. The highest BCUT2D eigenvalue weighted by Gasteiger charge is 2.56. The molecule has 2 aliphatic heterocycles. The third-order valence-corrected chi connectivity index (χ3v) is 6.47. The minimum absolute atomic E-state index is 0.00624. The van der Waals surface area contributed by atoms with E-state index in [2.05, 4.69) is 21.4 Å². The van der Waals surface area contributed by atoms with Gasteiger partial charge in [0.15, 0.2) is 0 Å². The molecule has 0 bridgehead atoms. The molecule has 2 aliphatic rings. The van der Waals surface area contributed by atoms with Gasteiger partial charge >= 0.3 is 12.0 Å². The van der Waals surface area contributed by atoms with E-state index in [0.717, 1.165) is 38.0 Å². The van der Waals surface area contributed by atoms with E-state index in [1.807, 2.05) is 29.2 Å². The van der Waals surface area contributed by atoms with Crippen LogP contribution in [-0.4, -0.2) is 63.9 Å². The van der Waals surface area contributed by atoms with Gasteiger partial charge in [-0.15, -0.1) is 6.58 Å².